The summed E-state index contributed by atoms with van der Waals surface area (Å²) in [7, 11) is -9.90. The molecular formula is C41H46ClF4N3O5S2. The summed E-state index contributed by atoms with van der Waals surface area (Å²) in [5.74, 6) is -3.97. The van der Waals surface area contributed by atoms with Crippen molar-refractivity contribution in [3.05, 3.63) is 125 Å². The second-order valence-corrected chi connectivity index (χ2v) is 17.0. The molecule has 15 heteroatoms. The number of nitrogens with zero attached hydrogens (tertiary/aromatic N) is 2. The van der Waals surface area contributed by atoms with Crippen LogP contribution in [0.4, 0.5) is 17.6 Å². The minimum Gasteiger partial charge on any atom is -0.434 e. The monoisotopic (exact) mass is 835 g/mol. The third-order valence-electron chi connectivity index (χ3n) is 8.96. The Balaban J connectivity index is 0.000000960. The van der Waals surface area contributed by atoms with Gasteiger partial charge in [-0.2, -0.15) is 8.78 Å². The molecule has 0 aliphatic rings. The molecule has 0 saturated carbocycles. The van der Waals surface area contributed by atoms with E-state index in [-0.39, 0.29) is 11.0 Å². The Hall–Kier alpha value is -4.53. The Morgan fingerprint density at radius 1 is 0.946 bits per heavy atom. The Morgan fingerprint density at radius 2 is 1.48 bits per heavy atom. The number of ether oxygens (including phenoxy) is 1. The number of allylic oxidation sites excluding steroid dienone is 2. The lowest BCUT2D eigenvalue weighted by molar-refractivity contribution is -0.0507. The van der Waals surface area contributed by atoms with Gasteiger partial charge in [0.25, 0.3) is 0 Å². The maximum absolute atomic E-state index is 18.8. The van der Waals surface area contributed by atoms with Crippen molar-refractivity contribution in [3.63, 3.8) is 0 Å². The highest BCUT2D eigenvalue weighted by Gasteiger charge is 2.65. The predicted molar refractivity (Wildman–Crippen MR) is 216 cm³/mol. The van der Waals surface area contributed by atoms with Crippen LogP contribution in [0.3, 0.4) is 0 Å². The molecule has 0 bridgehead atoms. The lowest BCUT2D eigenvalue weighted by atomic mass is 9.90. The van der Waals surface area contributed by atoms with Crippen molar-refractivity contribution >= 4 is 54.1 Å². The number of benzene rings is 3. The fourth-order valence-electron chi connectivity index (χ4n) is 5.67. The topological polar surface area (TPSA) is 119 Å². The number of sulfone groups is 2. The van der Waals surface area contributed by atoms with Gasteiger partial charge in [-0.05, 0) is 66.4 Å². The summed E-state index contributed by atoms with van der Waals surface area (Å²) in [6, 6.07) is 14.5. The fourth-order valence-corrected chi connectivity index (χ4v) is 10.5. The van der Waals surface area contributed by atoms with Crippen LogP contribution in [-0.2, 0) is 19.7 Å². The number of hydrogen-bond donors (Lipinski definition) is 1. The van der Waals surface area contributed by atoms with Gasteiger partial charge in [0, 0.05) is 42.2 Å². The number of H-pyrrole nitrogens is 1. The van der Waals surface area contributed by atoms with Gasteiger partial charge in [-0.15, -0.1) is 0 Å². The van der Waals surface area contributed by atoms with Gasteiger partial charge in [-0.3, -0.25) is 4.99 Å². The first-order chi connectivity index (χ1) is 26.6. The molecule has 302 valence electrons. The normalized spacial score (nSPS) is 13.0. The van der Waals surface area contributed by atoms with E-state index >= 15 is 8.78 Å². The van der Waals surface area contributed by atoms with E-state index in [0.717, 1.165) is 36.4 Å². The number of aromatic amines is 1. The van der Waals surface area contributed by atoms with Gasteiger partial charge in [0.15, 0.2) is 0 Å². The number of fused-ring (bicyclic) bond motifs is 1. The van der Waals surface area contributed by atoms with Gasteiger partial charge >= 0.3 is 10.9 Å². The standard InChI is InChI=1S/C33H26ClF4N3O5S2.C6H14.C2H6/c1-3-20(17-39-2)21-16-24-25(19-41-31(24)40-18-21)29(28-27(46-32(36)37)15-14-26(35)30(28)34)33(38,47(42,43)22-10-6-4-7-11-22)48(44,45)23-12-8-5-9-13-23;1-4-6(3)5-2;1-2/h3-19,29,32H,1-2H3,(H,40,41);6H,4-5H2,1-3H3;1-2H3/b20-3+,39-17?;;. The van der Waals surface area contributed by atoms with Crippen molar-refractivity contribution in [1.29, 1.82) is 0 Å². The molecule has 0 radical (unpaired) electrons. The van der Waals surface area contributed by atoms with Crippen molar-refractivity contribution in [2.45, 2.75) is 81.0 Å². The highest BCUT2D eigenvalue weighted by molar-refractivity contribution is 8.10. The largest absolute Gasteiger partial charge is 0.434 e. The summed E-state index contributed by atoms with van der Waals surface area (Å²) >= 11 is 6.38. The van der Waals surface area contributed by atoms with Crippen LogP contribution < -0.4 is 4.74 Å². The summed E-state index contributed by atoms with van der Waals surface area (Å²) in [6.45, 7) is 8.86. The number of rotatable bonds is 13. The van der Waals surface area contributed by atoms with E-state index in [2.05, 4.69) is 40.5 Å². The summed E-state index contributed by atoms with van der Waals surface area (Å²) in [6.07, 6.45) is 8.32. The van der Waals surface area contributed by atoms with E-state index in [1.807, 2.05) is 13.8 Å². The number of alkyl halides is 3. The maximum atomic E-state index is 18.8. The first kappa shape index (κ1) is 45.9. The molecular weight excluding hydrogens is 790 g/mol. The fraction of sp³-hybridized carbons (Fsp3) is 0.317. The highest BCUT2D eigenvalue weighted by Crippen LogP contribution is 2.55. The van der Waals surface area contributed by atoms with Crippen LogP contribution in [0.1, 0.15) is 77.0 Å². The molecule has 1 unspecified atom stereocenters. The molecule has 5 aromatic rings. The molecule has 8 nitrogen and oxygen atoms in total. The van der Waals surface area contributed by atoms with Crippen LogP contribution in [0.25, 0.3) is 16.6 Å². The molecule has 3 aromatic carbocycles. The van der Waals surface area contributed by atoms with E-state index in [4.69, 9.17) is 11.6 Å². The Labute approximate surface area is 331 Å². The van der Waals surface area contributed by atoms with Crippen LogP contribution in [0.5, 0.6) is 5.75 Å². The van der Waals surface area contributed by atoms with Crippen LogP contribution in [-0.4, -0.2) is 51.0 Å². The molecule has 2 aromatic heterocycles. The summed E-state index contributed by atoms with van der Waals surface area (Å²) in [5, 5.41) is -1.07. The van der Waals surface area contributed by atoms with Crippen molar-refractivity contribution in [2.75, 3.05) is 7.05 Å². The van der Waals surface area contributed by atoms with E-state index in [9.17, 15) is 25.6 Å². The molecule has 0 aliphatic carbocycles. The minimum absolute atomic E-state index is 0.0294. The number of nitrogens with one attached hydrogen (secondary N) is 1. The molecule has 56 heavy (non-hydrogen) atoms. The molecule has 2 heterocycles. The zero-order chi connectivity index (χ0) is 41.8. The lowest BCUT2D eigenvalue weighted by Crippen LogP contribution is -2.48. The summed E-state index contributed by atoms with van der Waals surface area (Å²) in [5.41, 5.74) is -0.460. The number of pyridine rings is 1. The number of hydrogen-bond acceptors (Lipinski definition) is 7. The van der Waals surface area contributed by atoms with Crippen LogP contribution >= 0.6 is 11.6 Å². The molecule has 1 atom stereocenters. The second kappa shape index (κ2) is 20.1. The Kier molecular flexibility index (Phi) is 16.4. The van der Waals surface area contributed by atoms with Crippen molar-refractivity contribution in [1.82, 2.24) is 9.97 Å². The summed E-state index contributed by atoms with van der Waals surface area (Å²) in [4.78, 5) is 9.54. The van der Waals surface area contributed by atoms with Crippen LogP contribution in [0, 0.1) is 11.7 Å². The van der Waals surface area contributed by atoms with Gasteiger partial charge in [-0.1, -0.05) is 102 Å². The number of halogens is 5. The highest BCUT2D eigenvalue weighted by atomic mass is 35.5. The number of aliphatic imine (C=N–C) groups is 1. The molecule has 0 amide bonds. The zero-order valence-electron chi connectivity index (χ0n) is 32.1. The Bertz CT molecular complexity index is 2270. The third kappa shape index (κ3) is 9.35. The second-order valence-electron chi connectivity index (χ2n) is 12.2. The molecule has 1 N–H and O–H groups in total. The van der Waals surface area contributed by atoms with Gasteiger partial charge < -0.3 is 9.72 Å². The maximum Gasteiger partial charge on any atom is 0.387 e. The molecule has 0 spiro atoms. The van der Waals surface area contributed by atoms with E-state index in [1.54, 1.807) is 13.0 Å². The molecule has 0 aliphatic heterocycles. The zero-order valence-corrected chi connectivity index (χ0v) is 34.5. The summed E-state index contributed by atoms with van der Waals surface area (Å²) < 4.78 is 120. The smallest absolute Gasteiger partial charge is 0.387 e. The Morgan fingerprint density at radius 3 is 1.93 bits per heavy atom. The number of aromatic nitrogens is 2. The van der Waals surface area contributed by atoms with E-state index in [0.29, 0.717) is 23.3 Å². The van der Waals surface area contributed by atoms with E-state index < -0.39 is 74.0 Å². The van der Waals surface area contributed by atoms with Gasteiger partial charge in [0.1, 0.15) is 17.2 Å². The minimum atomic E-state index is -5.71. The SMILES string of the molecule is C/C=C(\C=NC)c1cnc2[nH]cc(C(c3c(OC(F)F)ccc(F)c3Cl)C(F)(S(=O)(=O)c3ccccc3)S(=O)(=O)c3ccccc3)c2c1.CC.CCC(C)CC. The average molecular weight is 836 g/mol. The molecule has 0 saturated heterocycles. The predicted octanol–water partition coefficient (Wildman–Crippen LogP) is 11.2. The first-order valence-electron chi connectivity index (χ1n) is 17.9. The van der Waals surface area contributed by atoms with Crippen molar-refractivity contribution in [2.24, 2.45) is 10.9 Å². The van der Waals surface area contributed by atoms with E-state index in [1.165, 1.54) is 74.8 Å². The quantitative estimate of drug-likeness (QED) is 0.0932. The average Bonchev–Trinajstić information content (AvgIpc) is 3.63. The van der Waals surface area contributed by atoms with Gasteiger partial charge in [0.05, 0.1) is 20.7 Å². The van der Waals surface area contributed by atoms with Crippen molar-refractivity contribution in [3.8, 4) is 5.75 Å². The van der Waals surface area contributed by atoms with Gasteiger partial charge in [0.2, 0.25) is 19.7 Å². The van der Waals surface area contributed by atoms with Crippen LogP contribution in [0.2, 0.25) is 5.02 Å². The van der Waals surface area contributed by atoms with Crippen LogP contribution in [0.15, 0.2) is 112 Å². The van der Waals surface area contributed by atoms with Gasteiger partial charge in [-0.25, -0.2) is 30.6 Å². The molecule has 5 rings (SSSR count). The lowest BCUT2D eigenvalue weighted by Gasteiger charge is -2.34. The molecule has 0 fully saturated rings. The third-order valence-corrected chi connectivity index (χ3v) is 14.4. The first-order valence-corrected chi connectivity index (χ1v) is 21.2. The van der Waals surface area contributed by atoms with Crippen molar-refractivity contribution < 1.29 is 39.1 Å².